The van der Waals surface area contributed by atoms with Crippen LogP contribution in [0.5, 0.6) is 0 Å². The Hall–Kier alpha value is 0.433. The van der Waals surface area contributed by atoms with Gasteiger partial charge in [0, 0.05) is 0 Å². The Labute approximate surface area is 193 Å². The Morgan fingerprint density at radius 1 is 0.833 bits per heavy atom. The second-order valence-electron chi connectivity index (χ2n) is 4.93. The summed E-state index contributed by atoms with van der Waals surface area (Å²) >= 11 is 9.08. The molecule has 4 aromatic carbocycles. The molecule has 0 aliphatic rings. The molecule has 120 valence electrons. The molecular weight excluding hydrogens is 570 g/mol. The van der Waals surface area contributed by atoms with Crippen LogP contribution < -0.4 is 24.8 Å². The Kier molecular flexibility index (Phi) is 8.80. The van der Waals surface area contributed by atoms with Gasteiger partial charge in [-0.15, -0.1) is 108 Å². The number of benzene rings is 2. The molecule has 0 atom stereocenters. The number of rotatable bonds is 2. The quantitative estimate of drug-likeness (QED) is 0.321. The van der Waals surface area contributed by atoms with Crippen molar-refractivity contribution < 1.29 is 51.0 Å². The minimum absolute atomic E-state index is 0. The van der Waals surface area contributed by atoms with E-state index in [4.69, 9.17) is 0 Å². The molecule has 0 aliphatic carbocycles. The minimum Gasteiger partial charge on any atom is -1.00 e. The van der Waals surface area contributed by atoms with Crippen LogP contribution in [0.1, 0.15) is 0 Å². The Bertz CT molecular complexity index is 962. The molecule has 0 saturated carbocycles. The van der Waals surface area contributed by atoms with Gasteiger partial charge in [-0.05, 0) is 9.79 Å². The predicted molar refractivity (Wildman–Crippen MR) is 98.6 cm³/mol. The van der Waals surface area contributed by atoms with Crippen molar-refractivity contribution in [3.8, 4) is 0 Å². The largest absolute Gasteiger partial charge is 4.00 e. The van der Waals surface area contributed by atoms with E-state index in [2.05, 4.69) is 92.5 Å². The summed E-state index contributed by atoms with van der Waals surface area (Å²) in [5, 5.41) is 5.12. The first kappa shape index (κ1) is 22.5. The molecular formula is C18H10Br2Cl2SZr. The van der Waals surface area contributed by atoms with Crippen LogP contribution in [0.2, 0.25) is 0 Å². The van der Waals surface area contributed by atoms with Crippen LogP contribution in [-0.4, -0.2) is 0 Å². The second-order valence-corrected chi connectivity index (χ2v) is 7.76. The van der Waals surface area contributed by atoms with Crippen molar-refractivity contribution in [3.63, 3.8) is 0 Å². The van der Waals surface area contributed by atoms with Gasteiger partial charge in [0.05, 0.1) is 0 Å². The van der Waals surface area contributed by atoms with Crippen molar-refractivity contribution in [3.05, 3.63) is 69.6 Å². The van der Waals surface area contributed by atoms with E-state index in [-0.39, 0.29) is 51.0 Å². The second kappa shape index (κ2) is 9.39. The molecule has 0 bridgehead atoms. The third-order valence-electron chi connectivity index (χ3n) is 3.63. The van der Waals surface area contributed by atoms with Gasteiger partial charge in [-0.2, -0.15) is 0 Å². The fourth-order valence-corrected chi connectivity index (χ4v) is 4.83. The summed E-state index contributed by atoms with van der Waals surface area (Å²) in [7, 11) is 0. The van der Waals surface area contributed by atoms with E-state index in [1.165, 1.54) is 31.3 Å². The van der Waals surface area contributed by atoms with Gasteiger partial charge in [-0.3, -0.25) is 0 Å². The summed E-state index contributed by atoms with van der Waals surface area (Å²) in [6.45, 7) is 0. The van der Waals surface area contributed by atoms with Gasteiger partial charge >= 0.3 is 26.2 Å². The van der Waals surface area contributed by atoms with Gasteiger partial charge in [0.2, 0.25) is 0 Å². The van der Waals surface area contributed by atoms with Gasteiger partial charge < -0.3 is 24.8 Å². The molecule has 0 unspecified atom stereocenters. The fourth-order valence-electron chi connectivity index (χ4n) is 2.60. The monoisotopic (exact) mass is 576 g/mol. The first-order valence-electron chi connectivity index (χ1n) is 6.59. The topological polar surface area (TPSA) is 0 Å². The minimum atomic E-state index is 0. The molecule has 0 fully saturated rings. The van der Waals surface area contributed by atoms with Crippen LogP contribution in [-0.2, 0) is 26.2 Å². The normalized spacial score (nSPS) is 10.1. The molecule has 0 saturated heterocycles. The first-order valence-corrected chi connectivity index (χ1v) is 8.99. The van der Waals surface area contributed by atoms with Crippen LogP contribution in [0.15, 0.2) is 79.4 Å². The van der Waals surface area contributed by atoms with Gasteiger partial charge in [-0.1, -0.05) is 27.1 Å². The Morgan fingerprint density at radius 2 is 1.54 bits per heavy atom. The van der Waals surface area contributed by atoms with Crippen LogP contribution in [0.4, 0.5) is 0 Å². The van der Waals surface area contributed by atoms with Gasteiger partial charge in [0.1, 0.15) is 0 Å². The summed E-state index contributed by atoms with van der Waals surface area (Å²) in [5.41, 5.74) is 0. The summed E-state index contributed by atoms with van der Waals surface area (Å²) in [6.07, 6.45) is 0. The van der Waals surface area contributed by atoms with E-state index in [1.807, 2.05) is 11.8 Å². The standard InChI is InChI=1S/C18H10Br2S.2ClH.Zr/c19-15-8-5-11-4-7-13(10-14(11)15)21-17-3-1-2-12-6-9-16(20)18(12)17;;;/h1-10H;2*1H;/q-2;;;+4/p-2. The van der Waals surface area contributed by atoms with Gasteiger partial charge in [0.25, 0.3) is 0 Å². The maximum atomic E-state index is 3.66. The maximum Gasteiger partial charge on any atom is 4.00 e. The Morgan fingerprint density at radius 3 is 2.33 bits per heavy atom. The molecule has 0 nitrogen and oxygen atoms in total. The van der Waals surface area contributed by atoms with E-state index >= 15 is 0 Å². The molecule has 0 radical (unpaired) electrons. The van der Waals surface area contributed by atoms with Crippen molar-refractivity contribution in [2.24, 2.45) is 0 Å². The van der Waals surface area contributed by atoms with Crippen molar-refractivity contribution >= 4 is 65.2 Å². The zero-order chi connectivity index (χ0) is 14.4. The van der Waals surface area contributed by atoms with Crippen LogP contribution in [0.3, 0.4) is 0 Å². The molecule has 0 N–H and O–H groups in total. The van der Waals surface area contributed by atoms with E-state index in [1.54, 1.807) is 0 Å². The van der Waals surface area contributed by atoms with E-state index in [0.717, 1.165) is 8.95 Å². The number of fused-ring (bicyclic) bond motifs is 2. The van der Waals surface area contributed by atoms with E-state index < -0.39 is 0 Å². The molecule has 0 aliphatic heterocycles. The molecule has 0 heterocycles. The van der Waals surface area contributed by atoms with Crippen molar-refractivity contribution in [2.75, 3.05) is 0 Å². The Balaban J connectivity index is 0.000000960. The molecule has 6 heteroatoms. The third kappa shape index (κ3) is 4.22. The van der Waals surface area contributed by atoms with Gasteiger partial charge in [-0.25, -0.2) is 0 Å². The van der Waals surface area contributed by atoms with Crippen LogP contribution in [0, 0.1) is 0 Å². The first-order chi connectivity index (χ1) is 10.2. The predicted octanol–water partition coefficient (Wildman–Crippen LogP) is 1.11. The third-order valence-corrected chi connectivity index (χ3v) is 6.03. The summed E-state index contributed by atoms with van der Waals surface area (Å²) in [4.78, 5) is 2.54. The number of hydrogen-bond acceptors (Lipinski definition) is 1. The fraction of sp³-hybridized carbons (Fsp3) is 0. The summed E-state index contributed by atoms with van der Waals surface area (Å²) < 4.78 is 2.32. The average molecular weight is 580 g/mol. The number of halogens is 4. The number of hydrogen-bond donors (Lipinski definition) is 0. The SMILES string of the molecule is Brc1c[cH-]c2ccc(Sc3cccc4[cH-]cc(Br)c34)cc12.[Cl-].[Cl-].[Zr+4]. The van der Waals surface area contributed by atoms with E-state index in [9.17, 15) is 0 Å². The smallest absolute Gasteiger partial charge is 1.00 e. The molecule has 0 amide bonds. The van der Waals surface area contributed by atoms with Crippen molar-refractivity contribution in [1.29, 1.82) is 0 Å². The van der Waals surface area contributed by atoms with Crippen molar-refractivity contribution in [2.45, 2.75) is 9.79 Å². The molecule has 24 heavy (non-hydrogen) atoms. The molecule has 4 rings (SSSR count). The zero-order valence-corrected chi connectivity index (χ0v) is 20.2. The zero-order valence-electron chi connectivity index (χ0n) is 12.2. The van der Waals surface area contributed by atoms with E-state index in [0.29, 0.717) is 0 Å². The molecule has 0 spiro atoms. The molecule has 0 aromatic heterocycles. The van der Waals surface area contributed by atoms with Gasteiger partial charge in [0.15, 0.2) is 0 Å². The average Bonchev–Trinajstić information content (AvgIpc) is 3.04. The van der Waals surface area contributed by atoms with Crippen LogP contribution in [0.25, 0.3) is 21.5 Å². The maximum absolute atomic E-state index is 3.66. The van der Waals surface area contributed by atoms with Crippen molar-refractivity contribution in [1.82, 2.24) is 0 Å². The summed E-state index contributed by atoms with van der Waals surface area (Å²) in [6, 6.07) is 21.6. The molecule has 4 aromatic rings. The van der Waals surface area contributed by atoms with Crippen LogP contribution >= 0.6 is 43.6 Å². The summed E-state index contributed by atoms with van der Waals surface area (Å²) in [5.74, 6) is 0.